The number of aliphatic hydroxyl groups is 1. The molecule has 3 nitrogen and oxygen atoms in total. The van der Waals surface area contributed by atoms with E-state index in [1.54, 1.807) is 0 Å². The second-order valence-electron chi connectivity index (χ2n) is 5.91. The Kier molecular flexibility index (Phi) is 8.24. The molecule has 0 saturated carbocycles. The molecule has 2 atom stereocenters. The number of nitrogens with one attached hydrogen (secondary N) is 1. The van der Waals surface area contributed by atoms with E-state index in [9.17, 15) is 5.11 Å². The summed E-state index contributed by atoms with van der Waals surface area (Å²) in [5, 5.41) is 13.3. The van der Waals surface area contributed by atoms with E-state index in [1.165, 1.54) is 5.56 Å². The summed E-state index contributed by atoms with van der Waals surface area (Å²) in [6, 6.07) is 4.08. The first kappa shape index (κ1) is 18.9. The Labute approximate surface area is 144 Å². The van der Waals surface area contributed by atoms with Crippen LogP contribution in [-0.4, -0.2) is 30.5 Å². The van der Waals surface area contributed by atoms with E-state index in [0.717, 1.165) is 21.1 Å². The number of ether oxygens (including phenoxy) is 1. The number of halogens is 2. The second kappa shape index (κ2) is 9.13. The van der Waals surface area contributed by atoms with Gasteiger partial charge in [0, 0.05) is 15.5 Å². The van der Waals surface area contributed by atoms with E-state index in [1.807, 2.05) is 26.0 Å². The fraction of sp³-hybridized carbons (Fsp3) is 0.625. The SMILES string of the molecule is Cc1cc(Br)c(NCC(O)COC(C)CC(C)C)c(Br)c1. The lowest BCUT2D eigenvalue weighted by atomic mass is 10.1. The smallest absolute Gasteiger partial charge is 0.0945 e. The third-order valence-electron chi connectivity index (χ3n) is 3.08. The summed E-state index contributed by atoms with van der Waals surface area (Å²) in [4.78, 5) is 0. The standard InChI is InChI=1S/C16H25Br2NO2/c1-10(2)5-12(4)21-9-13(20)8-19-16-14(17)6-11(3)7-15(16)18/h6-7,10,12-13,19-20H,5,8-9H2,1-4H3. The minimum absolute atomic E-state index is 0.178. The maximum atomic E-state index is 10.0. The van der Waals surface area contributed by atoms with Crippen molar-refractivity contribution in [3.05, 3.63) is 26.6 Å². The highest BCUT2D eigenvalue weighted by Gasteiger charge is 2.11. The van der Waals surface area contributed by atoms with Crippen LogP contribution in [0.2, 0.25) is 0 Å². The van der Waals surface area contributed by atoms with Crippen LogP contribution >= 0.6 is 31.9 Å². The first-order chi connectivity index (χ1) is 9.79. The molecule has 1 aromatic carbocycles. The maximum Gasteiger partial charge on any atom is 0.0945 e. The Morgan fingerprint density at radius 1 is 1.19 bits per heavy atom. The van der Waals surface area contributed by atoms with E-state index >= 15 is 0 Å². The Morgan fingerprint density at radius 2 is 1.76 bits per heavy atom. The third-order valence-corrected chi connectivity index (χ3v) is 4.33. The van der Waals surface area contributed by atoms with Gasteiger partial charge in [-0.2, -0.15) is 0 Å². The van der Waals surface area contributed by atoms with E-state index in [-0.39, 0.29) is 6.10 Å². The van der Waals surface area contributed by atoms with Gasteiger partial charge in [-0.05, 0) is 75.7 Å². The number of hydrogen-bond donors (Lipinski definition) is 2. The molecule has 21 heavy (non-hydrogen) atoms. The van der Waals surface area contributed by atoms with Gasteiger partial charge in [-0.25, -0.2) is 0 Å². The average Bonchev–Trinajstić information content (AvgIpc) is 2.34. The second-order valence-corrected chi connectivity index (χ2v) is 7.62. The first-order valence-electron chi connectivity index (χ1n) is 7.28. The zero-order valence-corrected chi connectivity index (χ0v) is 16.3. The normalized spacial score (nSPS) is 14.3. The van der Waals surface area contributed by atoms with Gasteiger partial charge in [0.15, 0.2) is 0 Å². The quantitative estimate of drug-likeness (QED) is 0.635. The summed E-state index contributed by atoms with van der Waals surface area (Å²) in [6.45, 7) is 9.23. The van der Waals surface area contributed by atoms with Crippen molar-refractivity contribution in [2.24, 2.45) is 5.92 Å². The van der Waals surface area contributed by atoms with Gasteiger partial charge >= 0.3 is 0 Å². The van der Waals surface area contributed by atoms with Crippen LogP contribution < -0.4 is 5.32 Å². The molecule has 2 unspecified atom stereocenters. The number of aliphatic hydroxyl groups excluding tert-OH is 1. The minimum Gasteiger partial charge on any atom is -0.389 e. The molecule has 1 rings (SSSR count). The zero-order chi connectivity index (χ0) is 16.0. The molecule has 0 radical (unpaired) electrons. The molecule has 2 N–H and O–H groups in total. The molecule has 0 aliphatic heterocycles. The minimum atomic E-state index is -0.528. The van der Waals surface area contributed by atoms with Gasteiger partial charge in [0.25, 0.3) is 0 Å². The molecule has 0 spiro atoms. The highest BCUT2D eigenvalue weighted by atomic mass is 79.9. The van der Waals surface area contributed by atoms with Crippen molar-refractivity contribution in [2.45, 2.75) is 46.3 Å². The Morgan fingerprint density at radius 3 is 2.29 bits per heavy atom. The largest absolute Gasteiger partial charge is 0.389 e. The molecule has 0 heterocycles. The first-order valence-corrected chi connectivity index (χ1v) is 8.87. The highest BCUT2D eigenvalue weighted by molar-refractivity contribution is 9.11. The molecule has 0 fully saturated rings. The van der Waals surface area contributed by atoms with Crippen molar-refractivity contribution in [3.63, 3.8) is 0 Å². The predicted octanol–water partition coefficient (Wildman–Crippen LogP) is 4.74. The lowest BCUT2D eigenvalue weighted by Crippen LogP contribution is -2.27. The van der Waals surface area contributed by atoms with Crippen molar-refractivity contribution in [1.82, 2.24) is 0 Å². The molecule has 0 aromatic heterocycles. The van der Waals surface area contributed by atoms with E-state index in [4.69, 9.17) is 4.74 Å². The van der Waals surface area contributed by atoms with E-state index in [0.29, 0.717) is 19.1 Å². The summed E-state index contributed by atoms with van der Waals surface area (Å²) in [5.74, 6) is 0.606. The summed E-state index contributed by atoms with van der Waals surface area (Å²) in [5.41, 5.74) is 2.13. The molecule has 0 amide bonds. The summed E-state index contributed by atoms with van der Waals surface area (Å²) >= 11 is 7.06. The van der Waals surface area contributed by atoms with Crippen LogP contribution in [0.3, 0.4) is 0 Å². The van der Waals surface area contributed by atoms with Gasteiger partial charge in [-0.15, -0.1) is 0 Å². The van der Waals surface area contributed by atoms with Crippen LogP contribution in [0.4, 0.5) is 5.69 Å². The highest BCUT2D eigenvalue weighted by Crippen LogP contribution is 2.32. The van der Waals surface area contributed by atoms with Gasteiger partial charge in [-0.3, -0.25) is 0 Å². The fourth-order valence-corrected chi connectivity index (χ4v) is 3.85. The van der Waals surface area contributed by atoms with Crippen LogP contribution in [0.5, 0.6) is 0 Å². The third kappa shape index (κ3) is 7.13. The topological polar surface area (TPSA) is 41.5 Å². The summed E-state index contributed by atoms with van der Waals surface area (Å²) in [7, 11) is 0. The number of rotatable bonds is 8. The average molecular weight is 423 g/mol. The van der Waals surface area contributed by atoms with Crippen molar-refractivity contribution in [2.75, 3.05) is 18.5 Å². The molecule has 0 aliphatic carbocycles. The van der Waals surface area contributed by atoms with E-state index < -0.39 is 6.10 Å². The van der Waals surface area contributed by atoms with Crippen molar-refractivity contribution < 1.29 is 9.84 Å². The van der Waals surface area contributed by atoms with Crippen molar-refractivity contribution in [1.29, 1.82) is 0 Å². The van der Waals surface area contributed by atoms with Gasteiger partial charge in [0.2, 0.25) is 0 Å². The number of aryl methyl sites for hydroxylation is 1. The van der Waals surface area contributed by atoms with Crippen LogP contribution in [0.1, 0.15) is 32.8 Å². The molecule has 0 aliphatic rings. The number of hydrogen-bond acceptors (Lipinski definition) is 3. The van der Waals surface area contributed by atoms with Crippen molar-refractivity contribution in [3.8, 4) is 0 Å². The van der Waals surface area contributed by atoms with Crippen LogP contribution in [0, 0.1) is 12.8 Å². The molecule has 1 aromatic rings. The summed E-state index contributed by atoms with van der Waals surface area (Å²) in [6.07, 6.45) is 0.659. The number of anilines is 1. The molecule has 5 heteroatoms. The zero-order valence-electron chi connectivity index (χ0n) is 13.1. The van der Waals surface area contributed by atoms with Gasteiger partial charge in [-0.1, -0.05) is 13.8 Å². The monoisotopic (exact) mass is 421 g/mol. The molecular weight excluding hydrogens is 398 g/mol. The molecule has 0 bridgehead atoms. The van der Waals surface area contributed by atoms with Gasteiger partial charge in [0.1, 0.15) is 0 Å². The molecule has 120 valence electrons. The van der Waals surface area contributed by atoms with Gasteiger partial charge in [0.05, 0.1) is 24.5 Å². The number of benzene rings is 1. The van der Waals surface area contributed by atoms with Crippen molar-refractivity contribution >= 4 is 37.5 Å². The summed E-state index contributed by atoms with van der Waals surface area (Å²) < 4.78 is 7.63. The maximum absolute atomic E-state index is 10.0. The van der Waals surface area contributed by atoms with E-state index in [2.05, 4.69) is 51.0 Å². The Hall–Kier alpha value is -0.100. The van der Waals surface area contributed by atoms with Crippen LogP contribution in [0.25, 0.3) is 0 Å². The van der Waals surface area contributed by atoms with Gasteiger partial charge < -0.3 is 15.2 Å². The lowest BCUT2D eigenvalue weighted by Gasteiger charge is -2.19. The lowest BCUT2D eigenvalue weighted by molar-refractivity contribution is -0.00444. The Bertz CT molecular complexity index is 429. The predicted molar refractivity (Wildman–Crippen MR) is 95.9 cm³/mol. The molecule has 0 saturated heterocycles. The van der Waals surface area contributed by atoms with Crippen LogP contribution in [-0.2, 0) is 4.74 Å². The Balaban J connectivity index is 2.41. The fourth-order valence-electron chi connectivity index (χ4n) is 2.15. The molecular formula is C16H25Br2NO2. The van der Waals surface area contributed by atoms with Crippen LogP contribution in [0.15, 0.2) is 21.1 Å².